The van der Waals surface area contributed by atoms with Gasteiger partial charge in [0.15, 0.2) is 0 Å². The molecule has 6 heteroatoms. The number of aromatic nitrogens is 1. The molecule has 0 spiro atoms. The number of ether oxygens (including phenoxy) is 1. The Labute approximate surface area is 146 Å². The lowest BCUT2D eigenvalue weighted by Crippen LogP contribution is -2.31. The third-order valence-electron chi connectivity index (χ3n) is 4.14. The zero-order valence-corrected chi connectivity index (χ0v) is 14.7. The van der Waals surface area contributed by atoms with Gasteiger partial charge in [0.05, 0.1) is 29.4 Å². The van der Waals surface area contributed by atoms with Crippen molar-refractivity contribution in [1.29, 1.82) is 0 Å². The second-order valence-electron chi connectivity index (χ2n) is 6.17. The van der Waals surface area contributed by atoms with E-state index < -0.39 is 0 Å². The van der Waals surface area contributed by atoms with Crippen molar-refractivity contribution in [1.82, 2.24) is 15.2 Å². The normalized spacial score (nSPS) is 11.2. The highest BCUT2D eigenvalue weighted by Crippen LogP contribution is 2.31. The van der Waals surface area contributed by atoms with Gasteiger partial charge in [-0.15, -0.1) is 0 Å². The average molecular weight is 338 g/mol. The third-order valence-corrected chi connectivity index (χ3v) is 4.14. The molecule has 0 aliphatic heterocycles. The van der Waals surface area contributed by atoms with Gasteiger partial charge in [-0.05, 0) is 32.3 Å². The van der Waals surface area contributed by atoms with E-state index in [1.165, 1.54) is 0 Å². The van der Waals surface area contributed by atoms with E-state index in [0.29, 0.717) is 34.6 Å². The van der Waals surface area contributed by atoms with Gasteiger partial charge in [-0.3, -0.25) is 4.79 Å². The van der Waals surface area contributed by atoms with E-state index in [1.807, 2.05) is 49.3 Å². The average Bonchev–Trinajstić information content (AvgIpc) is 2.60. The fraction of sp³-hybridized carbons (Fsp3) is 0.263. The maximum Gasteiger partial charge on any atom is 0.253 e. The zero-order valence-electron chi connectivity index (χ0n) is 14.7. The van der Waals surface area contributed by atoms with Crippen molar-refractivity contribution in [3.05, 3.63) is 42.0 Å². The van der Waals surface area contributed by atoms with Gasteiger partial charge in [0.1, 0.15) is 5.75 Å². The number of nitrogens with one attached hydrogen (secondary N) is 1. The van der Waals surface area contributed by atoms with Gasteiger partial charge >= 0.3 is 0 Å². The lowest BCUT2D eigenvalue weighted by molar-refractivity contribution is 0.0952. The van der Waals surface area contributed by atoms with Crippen LogP contribution in [0.5, 0.6) is 5.75 Å². The quantitative estimate of drug-likeness (QED) is 0.698. The van der Waals surface area contributed by atoms with E-state index in [2.05, 4.69) is 10.3 Å². The van der Waals surface area contributed by atoms with Crippen LogP contribution in [0.4, 0.5) is 5.69 Å². The smallest absolute Gasteiger partial charge is 0.253 e. The van der Waals surface area contributed by atoms with Crippen LogP contribution in [0.3, 0.4) is 0 Å². The molecule has 1 amide bonds. The summed E-state index contributed by atoms with van der Waals surface area (Å²) in [7, 11) is 5.53. The number of rotatable bonds is 5. The molecule has 1 aromatic heterocycles. The molecule has 25 heavy (non-hydrogen) atoms. The monoisotopic (exact) mass is 338 g/mol. The van der Waals surface area contributed by atoms with E-state index in [1.54, 1.807) is 13.2 Å². The van der Waals surface area contributed by atoms with Crippen LogP contribution in [0.2, 0.25) is 0 Å². The van der Waals surface area contributed by atoms with Crippen LogP contribution in [0.1, 0.15) is 10.4 Å². The molecule has 0 atom stereocenters. The Morgan fingerprint density at radius 2 is 2.04 bits per heavy atom. The molecule has 0 bridgehead atoms. The van der Waals surface area contributed by atoms with E-state index in [9.17, 15) is 4.79 Å². The van der Waals surface area contributed by atoms with Crippen LogP contribution in [0.15, 0.2) is 36.4 Å². The molecule has 3 aromatic rings. The number of para-hydroxylation sites is 1. The molecule has 0 fully saturated rings. The second kappa shape index (κ2) is 6.94. The molecular formula is C19H22N4O2. The number of benzene rings is 2. The van der Waals surface area contributed by atoms with Crippen molar-refractivity contribution in [2.45, 2.75) is 0 Å². The first-order valence-corrected chi connectivity index (χ1v) is 8.10. The van der Waals surface area contributed by atoms with E-state index in [0.717, 1.165) is 17.3 Å². The molecule has 0 aliphatic carbocycles. The predicted molar refractivity (Wildman–Crippen MR) is 101 cm³/mol. The topological polar surface area (TPSA) is 80.5 Å². The Balaban J connectivity index is 2.09. The molecule has 3 rings (SSSR count). The summed E-state index contributed by atoms with van der Waals surface area (Å²) in [5.74, 6) is 0.549. The maximum absolute atomic E-state index is 12.6. The van der Waals surface area contributed by atoms with Crippen molar-refractivity contribution >= 4 is 33.4 Å². The van der Waals surface area contributed by atoms with Crippen LogP contribution in [0.25, 0.3) is 21.8 Å². The van der Waals surface area contributed by atoms with Gasteiger partial charge in [-0.25, -0.2) is 4.98 Å². The first-order chi connectivity index (χ1) is 12.0. The minimum atomic E-state index is -0.151. The van der Waals surface area contributed by atoms with Gasteiger partial charge in [0, 0.05) is 29.9 Å². The Morgan fingerprint density at radius 1 is 1.24 bits per heavy atom. The third kappa shape index (κ3) is 3.34. The summed E-state index contributed by atoms with van der Waals surface area (Å²) in [5.41, 5.74) is 8.78. The van der Waals surface area contributed by atoms with Crippen molar-refractivity contribution in [3.8, 4) is 5.75 Å². The number of hydrogen-bond acceptors (Lipinski definition) is 5. The lowest BCUT2D eigenvalue weighted by atomic mass is 10.0. The predicted octanol–water partition coefficient (Wildman–Crippen LogP) is 2.27. The van der Waals surface area contributed by atoms with Gasteiger partial charge in [-0.2, -0.15) is 0 Å². The highest BCUT2D eigenvalue weighted by Gasteiger charge is 2.15. The molecule has 3 N–H and O–H groups in total. The summed E-state index contributed by atoms with van der Waals surface area (Å²) in [5, 5.41) is 4.55. The van der Waals surface area contributed by atoms with Crippen LogP contribution in [-0.4, -0.2) is 50.1 Å². The van der Waals surface area contributed by atoms with E-state index >= 15 is 0 Å². The van der Waals surface area contributed by atoms with Crippen molar-refractivity contribution in [3.63, 3.8) is 0 Å². The second-order valence-corrected chi connectivity index (χ2v) is 6.17. The number of anilines is 1. The highest BCUT2D eigenvalue weighted by molar-refractivity contribution is 6.13. The fourth-order valence-electron chi connectivity index (χ4n) is 2.78. The maximum atomic E-state index is 12.6. The number of carbonyl (C=O) groups excluding carboxylic acids is 1. The number of nitrogens with zero attached hydrogens (tertiary/aromatic N) is 2. The van der Waals surface area contributed by atoms with Crippen LogP contribution < -0.4 is 15.8 Å². The first-order valence-electron chi connectivity index (χ1n) is 8.10. The SMILES string of the molecule is COc1ccc2c(N)c3cccc(C(=O)NCCN(C)C)c3nc2c1. The number of fused-ring (bicyclic) bond motifs is 2. The first kappa shape index (κ1) is 17.0. The lowest BCUT2D eigenvalue weighted by Gasteiger charge is -2.13. The molecule has 130 valence electrons. The number of hydrogen-bond donors (Lipinski definition) is 2. The Kier molecular flexibility index (Phi) is 4.72. The highest BCUT2D eigenvalue weighted by atomic mass is 16.5. The molecule has 6 nitrogen and oxygen atoms in total. The standard InChI is InChI=1S/C19H22N4O2/c1-23(2)10-9-21-19(24)15-6-4-5-14-17(20)13-8-7-12(25-3)11-16(13)22-18(14)15/h4-8,11H,9-10H2,1-3H3,(H2,20,22)(H,21,24). The summed E-state index contributed by atoms with van der Waals surface area (Å²) in [6, 6.07) is 11.1. The van der Waals surface area contributed by atoms with Crippen LogP contribution >= 0.6 is 0 Å². The van der Waals surface area contributed by atoms with Gasteiger partial charge < -0.3 is 20.7 Å². The Bertz CT molecular complexity index is 937. The number of amides is 1. The molecular weight excluding hydrogens is 316 g/mol. The van der Waals surface area contributed by atoms with E-state index in [-0.39, 0.29) is 5.91 Å². The summed E-state index contributed by atoms with van der Waals surface area (Å²) in [6.45, 7) is 1.34. The Morgan fingerprint density at radius 3 is 2.76 bits per heavy atom. The minimum Gasteiger partial charge on any atom is -0.497 e. The zero-order chi connectivity index (χ0) is 18.0. The number of methoxy groups -OCH3 is 1. The fourth-order valence-corrected chi connectivity index (χ4v) is 2.78. The number of nitrogen functional groups attached to an aromatic ring is 1. The summed E-state index contributed by atoms with van der Waals surface area (Å²) in [6.07, 6.45) is 0. The van der Waals surface area contributed by atoms with Gasteiger partial charge in [0.25, 0.3) is 5.91 Å². The molecule has 0 saturated heterocycles. The molecule has 1 heterocycles. The van der Waals surface area contributed by atoms with Gasteiger partial charge in [-0.1, -0.05) is 12.1 Å². The molecule has 0 radical (unpaired) electrons. The molecule has 0 saturated carbocycles. The number of carbonyl (C=O) groups is 1. The van der Waals surface area contributed by atoms with E-state index in [4.69, 9.17) is 10.5 Å². The molecule has 0 unspecified atom stereocenters. The number of nitrogens with two attached hydrogens (primary N) is 1. The summed E-state index contributed by atoms with van der Waals surface area (Å²) in [4.78, 5) is 19.3. The molecule has 2 aromatic carbocycles. The van der Waals surface area contributed by atoms with Crippen molar-refractivity contribution < 1.29 is 9.53 Å². The molecule has 0 aliphatic rings. The van der Waals surface area contributed by atoms with Crippen molar-refractivity contribution in [2.75, 3.05) is 40.0 Å². The Hall–Kier alpha value is -2.86. The van der Waals surface area contributed by atoms with Gasteiger partial charge in [0.2, 0.25) is 0 Å². The summed E-state index contributed by atoms with van der Waals surface area (Å²) < 4.78 is 5.26. The summed E-state index contributed by atoms with van der Waals surface area (Å²) >= 11 is 0. The number of likely N-dealkylation sites (N-methyl/N-ethyl adjacent to an activating group) is 1. The van der Waals surface area contributed by atoms with Crippen LogP contribution in [0, 0.1) is 0 Å². The van der Waals surface area contributed by atoms with Crippen molar-refractivity contribution in [2.24, 2.45) is 0 Å². The number of pyridine rings is 1. The minimum absolute atomic E-state index is 0.151. The largest absolute Gasteiger partial charge is 0.497 e. The van der Waals surface area contributed by atoms with Crippen LogP contribution in [-0.2, 0) is 0 Å².